The van der Waals surface area contributed by atoms with Gasteiger partial charge in [-0.1, -0.05) is 68.4 Å². The second-order valence-electron chi connectivity index (χ2n) is 8.02. The third-order valence-corrected chi connectivity index (χ3v) is 5.63. The lowest BCUT2D eigenvalue weighted by molar-refractivity contribution is -0.147. The number of carbonyl (C=O) groups is 2. The summed E-state index contributed by atoms with van der Waals surface area (Å²) in [5, 5.41) is 22.1. The van der Waals surface area contributed by atoms with Crippen LogP contribution in [0.15, 0.2) is 54.6 Å². The Balaban J connectivity index is 1.83. The molecule has 30 heavy (non-hydrogen) atoms. The Hall–Kier alpha value is -2.78. The van der Waals surface area contributed by atoms with Crippen molar-refractivity contribution in [2.45, 2.75) is 43.9 Å². The minimum Gasteiger partial charge on any atom is -0.479 e. The van der Waals surface area contributed by atoms with Gasteiger partial charge >= 0.3 is 5.97 Å². The molecular formula is C22H28N4O4. The number of nitrogens with one attached hydrogen (secondary N) is 4. The number of carboxylic acid groups (broad SMARTS) is 1. The third kappa shape index (κ3) is 5.03. The topological polar surface area (TPSA) is 123 Å². The molecule has 0 bridgehead atoms. The number of aliphatic hydroxyl groups excluding tert-OH is 1. The smallest absolute Gasteiger partial charge is 0.332 e. The van der Waals surface area contributed by atoms with Crippen molar-refractivity contribution in [3.8, 4) is 11.1 Å². The quantitative estimate of drug-likeness (QED) is 0.381. The number of benzene rings is 2. The number of hydrogen-bond donors (Lipinski definition) is 6. The lowest BCUT2D eigenvalue weighted by Gasteiger charge is -2.37. The minimum absolute atomic E-state index is 0.109. The van der Waals surface area contributed by atoms with Crippen molar-refractivity contribution in [3.63, 3.8) is 0 Å². The van der Waals surface area contributed by atoms with Gasteiger partial charge in [0.25, 0.3) is 0 Å². The fraction of sp³-hybridized carbons (Fsp3) is 0.364. The van der Waals surface area contributed by atoms with Crippen LogP contribution in [-0.2, 0) is 15.0 Å². The maximum absolute atomic E-state index is 12.6. The van der Waals surface area contributed by atoms with Gasteiger partial charge in [-0.2, -0.15) is 5.53 Å². The summed E-state index contributed by atoms with van der Waals surface area (Å²) >= 11 is 0. The third-order valence-electron chi connectivity index (χ3n) is 5.63. The number of carboxylic acids is 1. The van der Waals surface area contributed by atoms with Gasteiger partial charge in [0.1, 0.15) is 6.04 Å². The van der Waals surface area contributed by atoms with E-state index in [-0.39, 0.29) is 12.3 Å². The van der Waals surface area contributed by atoms with E-state index in [1.54, 1.807) is 0 Å². The molecule has 1 amide bonds. The standard InChI is InChI=1S/C22H28N4O4/c1-22(2,16-10-8-15(9-11-16)14-6-4-3-5-7-14)19(12-18(27)21(29)30)24-20(28)17-13-23-26-25-17/h3-11,17-19,23,25-27H,12-13H2,1-2H3,(H,24,28)(H,29,30)/t17?,18-,19+/m1/s1. The van der Waals surface area contributed by atoms with Crippen LogP contribution in [0.1, 0.15) is 25.8 Å². The maximum Gasteiger partial charge on any atom is 0.332 e. The molecule has 6 N–H and O–H groups in total. The van der Waals surface area contributed by atoms with Crippen LogP contribution in [0, 0.1) is 0 Å². The summed E-state index contributed by atoms with van der Waals surface area (Å²) in [5.41, 5.74) is 10.8. The summed E-state index contributed by atoms with van der Waals surface area (Å²) < 4.78 is 0. The molecule has 160 valence electrons. The molecule has 1 heterocycles. The second-order valence-corrected chi connectivity index (χ2v) is 8.02. The van der Waals surface area contributed by atoms with Crippen LogP contribution in [0.25, 0.3) is 11.1 Å². The minimum atomic E-state index is -1.58. The van der Waals surface area contributed by atoms with Gasteiger partial charge in [0, 0.05) is 24.4 Å². The fourth-order valence-corrected chi connectivity index (χ4v) is 3.55. The van der Waals surface area contributed by atoms with E-state index in [0.717, 1.165) is 16.7 Å². The molecule has 3 rings (SSSR count). The molecule has 1 fully saturated rings. The number of carbonyl (C=O) groups excluding carboxylic acids is 1. The lowest BCUT2D eigenvalue weighted by Crippen LogP contribution is -2.55. The Morgan fingerprint density at radius 1 is 1.10 bits per heavy atom. The number of amides is 1. The van der Waals surface area contributed by atoms with Gasteiger partial charge in [0.15, 0.2) is 6.10 Å². The van der Waals surface area contributed by atoms with Gasteiger partial charge in [-0.3, -0.25) is 4.79 Å². The first-order valence-electron chi connectivity index (χ1n) is 9.89. The highest BCUT2D eigenvalue weighted by Crippen LogP contribution is 2.31. The summed E-state index contributed by atoms with van der Waals surface area (Å²) in [6, 6.07) is 16.9. The van der Waals surface area contributed by atoms with Gasteiger partial charge < -0.3 is 15.5 Å². The molecule has 0 aliphatic carbocycles. The maximum atomic E-state index is 12.6. The molecule has 1 saturated heterocycles. The second kappa shape index (κ2) is 9.36. The van der Waals surface area contributed by atoms with Crippen LogP contribution in [0.4, 0.5) is 0 Å². The highest BCUT2D eigenvalue weighted by Gasteiger charge is 2.37. The van der Waals surface area contributed by atoms with Crippen LogP contribution in [0.2, 0.25) is 0 Å². The van der Waals surface area contributed by atoms with E-state index in [1.807, 2.05) is 68.4 Å². The van der Waals surface area contributed by atoms with E-state index in [2.05, 4.69) is 21.7 Å². The molecule has 0 radical (unpaired) electrons. The Labute approximate surface area is 175 Å². The number of rotatable bonds is 8. The van der Waals surface area contributed by atoms with Crippen LogP contribution < -0.4 is 21.7 Å². The molecule has 1 aliphatic heterocycles. The van der Waals surface area contributed by atoms with Gasteiger partial charge in [-0.05, 0) is 16.7 Å². The number of aliphatic hydroxyl groups is 1. The fourth-order valence-electron chi connectivity index (χ4n) is 3.55. The molecule has 0 spiro atoms. The predicted molar refractivity (Wildman–Crippen MR) is 113 cm³/mol. The van der Waals surface area contributed by atoms with Crippen LogP contribution in [-0.4, -0.2) is 46.8 Å². The molecule has 2 aromatic carbocycles. The molecule has 8 heteroatoms. The van der Waals surface area contributed by atoms with Crippen molar-refractivity contribution in [1.82, 2.24) is 21.7 Å². The number of aliphatic carboxylic acids is 1. The van der Waals surface area contributed by atoms with Crippen molar-refractivity contribution in [1.29, 1.82) is 0 Å². The summed E-state index contributed by atoms with van der Waals surface area (Å²) in [6.07, 6.45) is -1.69. The average molecular weight is 412 g/mol. The van der Waals surface area contributed by atoms with E-state index < -0.39 is 29.6 Å². The average Bonchev–Trinajstić information content (AvgIpc) is 3.29. The van der Waals surface area contributed by atoms with Crippen LogP contribution in [0.3, 0.4) is 0 Å². The number of hydrazine groups is 2. The van der Waals surface area contributed by atoms with E-state index in [4.69, 9.17) is 0 Å². The molecular weight excluding hydrogens is 384 g/mol. The van der Waals surface area contributed by atoms with Gasteiger partial charge in [0.05, 0.1) is 0 Å². The molecule has 3 atom stereocenters. The first kappa shape index (κ1) is 21.9. The first-order chi connectivity index (χ1) is 14.3. The summed E-state index contributed by atoms with van der Waals surface area (Å²) in [4.78, 5) is 23.9. The highest BCUT2D eigenvalue weighted by molar-refractivity contribution is 5.83. The summed E-state index contributed by atoms with van der Waals surface area (Å²) in [5.74, 6) is -1.59. The van der Waals surface area contributed by atoms with Crippen molar-refractivity contribution < 1.29 is 19.8 Å². The van der Waals surface area contributed by atoms with Gasteiger partial charge in [-0.25, -0.2) is 15.6 Å². The summed E-state index contributed by atoms with van der Waals surface area (Å²) in [6.45, 7) is 4.26. The van der Waals surface area contributed by atoms with Crippen molar-refractivity contribution >= 4 is 11.9 Å². The Morgan fingerprint density at radius 2 is 1.73 bits per heavy atom. The van der Waals surface area contributed by atoms with Crippen LogP contribution in [0.5, 0.6) is 0 Å². The Morgan fingerprint density at radius 3 is 2.30 bits per heavy atom. The molecule has 1 aliphatic rings. The molecule has 0 aromatic heterocycles. The van der Waals surface area contributed by atoms with Crippen molar-refractivity contribution in [2.75, 3.05) is 6.54 Å². The lowest BCUT2D eigenvalue weighted by atomic mass is 9.75. The van der Waals surface area contributed by atoms with Crippen LogP contribution >= 0.6 is 0 Å². The monoisotopic (exact) mass is 412 g/mol. The Kier molecular flexibility index (Phi) is 6.84. The molecule has 2 aromatic rings. The number of hydrogen-bond acceptors (Lipinski definition) is 6. The van der Waals surface area contributed by atoms with E-state index >= 15 is 0 Å². The highest BCUT2D eigenvalue weighted by atomic mass is 16.4. The molecule has 8 nitrogen and oxygen atoms in total. The van der Waals surface area contributed by atoms with Crippen molar-refractivity contribution in [3.05, 3.63) is 60.2 Å². The zero-order valence-electron chi connectivity index (χ0n) is 17.1. The van der Waals surface area contributed by atoms with Gasteiger partial charge in [-0.15, -0.1) is 0 Å². The van der Waals surface area contributed by atoms with E-state index in [9.17, 15) is 19.8 Å². The zero-order chi connectivity index (χ0) is 21.7. The predicted octanol–water partition coefficient (Wildman–Crippen LogP) is 0.933. The zero-order valence-corrected chi connectivity index (χ0v) is 17.1. The molecule has 1 unspecified atom stereocenters. The van der Waals surface area contributed by atoms with Crippen molar-refractivity contribution in [2.24, 2.45) is 0 Å². The van der Waals surface area contributed by atoms with E-state index in [0.29, 0.717) is 6.54 Å². The van der Waals surface area contributed by atoms with Gasteiger partial charge in [0.2, 0.25) is 5.91 Å². The summed E-state index contributed by atoms with van der Waals surface area (Å²) in [7, 11) is 0. The van der Waals surface area contributed by atoms with E-state index in [1.165, 1.54) is 0 Å². The SMILES string of the molecule is CC(C)(c1ccc(-c2ccccc2)cc1)[C@H](C[C@@H](O)C(=O)O)NC(=O)C1CNNN1. The first-order valence-corrected chi connectivity index (χ1v) is 9.89. The Bertz CT molecular complexity index is 864. The molecule has 0 saturated carbocycles. The normalized spacial score (nSPS) is 18.6. The largest absolute Gasteiger partial charge is 0.479 e.